The van der Waals surface area contributed by atoms with Crippen molar-refractivity contribution in [2.75, 3.05) is 13.1 Å². The lowest BCUT2D eigenvalue weighted by molar-refractivity contribution is 0.290. The second-order valence-corrected chi connectivity index (χ2v) is 7.37. The summed E-state index contributed by atoms with van der Waals surface area (Å²) in [5.41, 5.74) is 4.47. The van der Waals surface area contributed by atoms with Gasteiger partial charge in [-0.1, -0.05) is 54.6 Å². The molecule has 29 heavy (non-hydrogen) atoms. The topological polar surface area (TPSA) is 53.9 Å². The Morgan fingerprint density at radius 2 is 1.76 bits per heavy atom. The second kappa shape index (κ2) is 7.85. The van der Waals surface area contributed by atoms with Gasteiger partial charge >= 0.3 is 0 Å². The molecule has 5 nitrogen and oxygen atoms in total. The molecule has 0 unspecified atom stereocenters. The van der Waals surface area contributed by atoms with Gasteiger partial charge in [0.1, 0.15) is 5.65 Å². The maximum atomic E-state index is 12.4. The largest absolute Gasteiger partial charge is 0.306 e. The molecule has 1 N–H and O–H groups in total. The van der Waals surface area contributed by atoms with E-state index in [1.807, 2.05) is 31.3 Å². The van der Waals surface area contributed by atoms with Crippen molar-refractivity contribution in [3.63, 3.8) is 0 Å². The first-order chi connectivity index (χ1) is 13.7. The van der Waals surface area contributed by atoms with Crippen molar-refractivity contribution in [2.45, 2.75) is 13.0 Å². The summed E-state index contributed by atoms with van der Waals surface area (Å²) in [7, 11) is 1.89. The maximum absolute atomic E-state index is 12.4. The first-order valence-corrected chi connectivity index (χ1v) is 9.64. The Bertz CT molecular complexity index is 1260. The van der Waals surface area contributed by atoms with Crippen LogP contribution in [-0.2, 0) is 13.6 Å². The number of nitrogens with zero attached hydrogens (tertiary/aromatic N) is 3. The lowest BCUT2D eigenvalue weighted by atomic mass is 9.99. The van der Waals surface area contributed by atoms with Crippen molar-refractivity contribution in [1.29, 1.82) is 0 Å². The van der Waals surface area contributed by atoms with E-state index in [4.69, 9.17) is 5.10 Å². The number of nitrogens with one attached hydrogen (secondary N) is 1. The van der Waals surface area contributed by atoms with Crippen LogP contribution in [0.2, 0.25) is 0 Å². The van der Waals surface area contributed by atoms with Gasteiger partial charge in [-0.2, -0.15) is 5.10 Å². The van der Waals surface area contributed by atoms with Crippen LogP contribution in [0.25, 0.3) is 27.4 Å². The number of benzene rings is 2. The van der Waals surface area contributed by atoms with Gasteiger partial charge in [-0.3, -0.25) is 14.4 Å². The van der Waals surface area contributed by atoms with E-state index in [9.17, 15) is 4.79 Å². The van der Waals surface area contributed by atoms with Gasteiger partial charge in [0.25, 0.3) is 5.56 Å². The minimum absolute atomic E-state index is 0. The van der Waals surface area contributed by atoms with Gasteiger partial charge < -0.3 is 4.98 Å². The molecule has 5 rings (SSSR count). The summed E-state index contributed by atoms with van der Waals surface area (Å²) in [4.78, 5) is 17.8. The Kier molecular flexibility index (Phi) is 5.26. The van der Waals surface area contributed by atoms with Crippen LogP contribution in [0.3, 0.4) is 0 Å². The SMILES string of the molecule is Cl.Cn1nc(CN2CC=C(c3ccccc3)CC2)c2c3ccccc3c(=O)[nH]c21. The highest BCUT2D eigenvalue weighted by atomic mass is 35.5. The van der Waals surface area contributed by atoms with Gasteiger partial charge in [0.15, 0.2) is 0 Å². The van der Waals surface area contributed by atoms with Crippen LogP contribution in [0.4, 0.5) is 0 Å². The lowest BCUT2D eigenvalue weighted by Crippen LogP contribution is -2.28. The first-order valence-electron chi connectivity index (χ1n) is 9.64. The third-order valence-electron chi connectivity index (χ3n) is 5.60. The van der Waals surface area contributed by atoms with Crippen molar-refractivity contribution in [3.8, 4) is 0 Å². The fourth-order valence-corrected chi connectivity index (χ4v) is 4.17. The summed E-state index contributed by atoms with van der Waals surface area (Å²) in [5, 5.41) is 7.48. The van der Waals surface area contributed by atoms with Gasteiger partial charge in [0.2, 0.25) is 0 Å². The number of aromatic nitrogens is 3. The molecule has 6 heteroatoms. The highest BCUT2D eigenvalue weighted by Crippen LogP contribution is 2.27. The summed E-state index contributed by atoms with van der Waals surface area (Å²) in [6.45, 7) is 2.68. The zero-order chi connectivity index (χ0) is 19.1. The van der Waals surface area contributed by atoms with Gasteiger partial charge in [0, 0.05) is 42.8 Å². The molecular weight excluding hydrogens is 384 g/mol. The minimum Gasteiger partial charge on any atom is -0.306 e. The average Bonchev–Trinajstić information content (AvgIpc) is 3.04. The maximum Gasteiger partial charge on any atom is 0.257 e. The molecule has 0 aliphatic carbocycles. The highest BCUT2D eigenvalue weighted by molar-refractivity contribution is 6.05. The second-order valence-electron chi connectivity index (χ2n) is 7.37. The molecule has 2 aromatic heterocycles. The molecule has 0 radical (unpaired) electrons. The number of aryl methyl sites for hydroxylation is 1. The molecule has 3 heterocycles. The summed E-state index contributed by atoms with van der Waals surface area (Å²) >= 11 is 0. The molecule has 1 aliphatic heterocycles. The molecule has 2 aromatic carbocycles. The molecule has 0 atom stereocenters. The monoisotopic (exact) mass is 406 g/mol. The van der Waals surface area contributed by atoms with Crippen LogP contribution >= 0.6 is 12.4 Å². The normalized spacial score (nSPS) is 14.7. The Morgan fingerprint density at radius 1 is 1.03 bits per heavy atom. The van der Waals surface area contributed by atoms with Gasteiger partial charge in [0.05, 0.1) is 5.69 Å². The van der Waals surface area contributed by atoms with Gasteiger partial charge in [-0.15, -0.1) is 12.4 Å². The quantitative estimate of drug-likeness (QED) is 0.556. The van der Waals surface area contributed by atoms with E-state index in [1.165, 1.54) is 11.1 Å². The number of hydrogen-bond donors (Lipinski definition) is 1. The zero-order valence-electron chi connectivity index (χ0n) is 16.3. The highest BCUT2D eigenvalue weighted by Gasteiger charge is 2.19. The van der Waals surface area contributed by atoms with Crippen molar-refractivity contribution in [2.24, 2.45) is 7.05 Å². The number of rotatable bonds is 3. The van der Waals surface area contributed by atoms with Crippen LogP contribution in [0.15, 0.2) is 65.5 Å². The predicted octanol–water partition coefficient (Wildman–Crippen LogP) is 4.13. The molecule has 0 spiro atoms. The molecule has 0 bridgehead atoms. The Morgan fingerprint density at radius 3 is 2.48 bits per heavy atom. The number of aromatic amines is 1. The standard InChI is InChI=1S/C23H22N4O.ClH/c1-26-22-21(18-9-5-6-10-19(18)23(28)24-22)20(25-26)15-27-13-11-17(12-14-27)16-7-3-2-4-8-16;/h2-11H,12-15H2,1H3,(H,24,28);1H. The van der Waals surface area contributed by atoms with E-state index in [1.54, 1.807) is 4.68 Å². The Labute approximate surface area is 175 Å². The summed E-state index contributed by atoms with van der Waals surface area (Å²) < 4.78 is 1.79. The first kappa shape index (κ1) is 19.4. The minimum atomic E-state index is -0.0638. The van der Waals surface area contributed by atoms with E-state index in [2.05, 4.69) is 46.3 Å². The number of fused-ring (bicyclic) bond motifs is 3. The number of halogens is 1. The molecule has 0 saturated carbocycles. The fraction of sp³-hybridized carbons (Fsp3) is 0.217. The van der Waals surface area contributed by atoms with Crippen molar-refractivity contribution < 1.29 is 0 Å². The third-order valence-corrected chi connectivity index (χ3v) is 5.60. The van der Waals surface area contributed by atoms with E-state index >= 15 is 0 Å². The molecule has 1 aliphatic rings. The van der Waals surface area contributed by atoms with E-state index in [0.29, 0.717) is 5.39 Å². The smallest absolute Gasteiger partial charge is 0.257 e. The summed E-state index contributed by atoms with van der Waals surface area (Å²) in [6.07, 6.45) is 3.36. The molecule has 4 aromatic rings. The Hall–Kier alpha value is -2.89. The van der Waals surface area contributed by atoms with Crippen molar-refractivity contribution in [3.05, 3.63) is 82.3 Å². The van der Waals surface area contributed by atoms with E-state index < -0.39 is 0 Å². The van der Waals surface area contributed by atoms with Crippen LogP contribution in [0.5, 0.6) is 0 Å². The molecule has 148 valence electrons. The average molecular weight is 407 g/mol. The van der Waals surface area contributed by atoms with Crippen molar-refractivity contribution >= 4 is 39.8 Å². The molecular formula is C23H23ClN4O. The van der Waals surface area contributed by atoms with Gasteiger partial charge in [-0.25, -0.2) is 0 Å². The van der Waals surface area contributed by atoms with Crippen molar-refractivity contribution in [1.82, 2.24) is 19.7 Å². The van der Waals surface area contributed by atoms with E-state index in [-0.39, 0.29) is 18.0 Å². The summed E-state index contributed by atoms with van der Waals surface area (Å²) in [5.74, 6) is 0. The fourth-order valence-electron chi connectivity index (χ4n) is 4.17. The number of H-pyrrole nitrogens is 1. The van der Waals surface area contributed by atoms with Crippen LogP contribution in [0.1, 0.15) is 17.7 Å². The summed E-state index contributed by atoms with van der Waals surface area (Å²) in [6, 6.07) is 18.4. The lowest BCUT2D eigenvalue weighted by Gasteiger charge is -2.26. The number of hydrogen-bond acceptors (Lipinski definition) is 3. The predicted molar refractivity (Wildman–Crippen MR) is 120 cm³/mol. The molecule has 0 amide bonds. The third kappa shape index (κ3) is 3.48. The van der Waals surface area contributed by atoms with Crippen LogP contribution in [-0.4, -0.2) is 32.8 Å². The van der Waals surface area contributed by atoms with Crippen LogP contribution < -0.4 is 5.56 Å². The number of pyridine rings is 1. The Balaban J connectivity index is 0.00000205. The van der Waals surface area contributed by atoms with Crippen LogP contribution in [0, 0.1) is 0 Å². The molecule has 0 fully saturated rings. The van der Waals surface area contributed by atoms with Gasteiger partial charge in [-0.05, 0) is 23.6 Å². The molecule has 0 saturated heterocycles. The zero-order valence-corrected chi connectivity index (χ0v) is 17.1. The van der Waals surface area contributed by atoms with E-state index in [0.717, 1.165) is 48.2 Å².